The summed E-state index contributed by atoms with van der Waals surface area (Å²) < 4.78 is 140. The minimum Gasteiger partial charge on any atom is -0.491 e. The lowest BCUT2D eigenvalue weighted by atomic mass is 10.2. The molecule has 7 nitrogen and oxygen atoms in total. The van der Waals surface area contributed by atoms with Crippen molar-refractivity contribution in [3.05, 3.63) is 58.2 Å². The van der Waals surface area contributed by atoms with Crippen molar-refractivity contribution in [2.24, 2.45) is 0 Å². The molecular weight excluding hydrogens is 512 g/mol. The van der Waals surface area contributed by atoms with Crippen molar-refractivity contribution in [1.82, 2.24) is 0 Å². The second-order valence-electron chi connectivity index (χ2n) is 6.01. The number of aliphatic hydroxyl groups excluding tert-OH is 1. The van der Waals surface area contributed by atoms with Gasteiger partial charge in [-0.1, -0.05) is 0 Å². The number of rotatable bonds is 7. The van der Waals surface area contributed by atoms with Gasteiger partial charge in [-0.25, -0.2) is 35.5 Å². The monoisotopic (exact) mass is 526 g/mol. The number of esters is 1. The summed E-state index contributed by atoms with van der Waals surface area (Å²) in [6, 6.07) is 0.418. The average Bonchev–Trinajstić information content (AvgIpc) is 2.76. The van der Waals surface area contributed by atoms with Crippen LogP contribution >= 0.6 is 0 Å². The van der Waals surface area contributed by atoms with E-state index in [0.29, 0.717) is 18.9 Å². The first-order valence-corrected chi connectivity index (χ1v) is 10.1. The van der Waals surface area contributed by atoms with Crippen LogP contribution < -0.4 is 4.74 Å². The minimum atomic E-state index is -5.52. The SMILES string of the molecule is COc1c(F)c(F)cc(C(=O)OCCCCO)c1F.O=S(=O)(O)c1c(F)c(F)c(F)c(F)c1F. The van der Waals surface area contributed by atoms with E-state index in [1.807, 2.05) is 0 Å². The van der Waals surface area contributed by atoms with Crippen molar-refractivity contribution >= 4 is 16.1 Å². The van der Waals surface area contributed by atoms with E-state index in [1.54, 1.807) is 0 Å². The second-order valence-corrected chi connectivity index (χ2v) is 7.37. The molecule has 0 aromatic heterocycles. The number of benzene rings is 2. The highest BCUT2D eigenvalue weighted by Crippen LogP contribution is 2.28. The van der Waals surface area contributed by atoms with Crippen LogP contribution in [0, 0.1) is 46.5 Å². The van der Waals surface area contributed by atoms with E-state index in [4.69, 9.17) is 9.66 Å². The van der Waals surface area contributed by atoms with Crippen molar-refractivity contribution < 1.29 is 67.5 Å². The van der Waals surface area contributed by atoms with Crippen LogP contribution in [0.2, 0.25) is 0 Å². The predicted molar refractivity (Wildman–Crippen MR) is 95.5 cm³/mol. The molecule has 0 aliphatic heterocycles. The molecule has 0 saturated heterocycles. The van der Waals surface area contributed by atoms with Crippen LogP contribution in [0.25, 0.3) is 0 Å². The normalized spacial score (nSPS) is 11.0. The fourth-order valence-corrected chi connectivity index (χ4v) is 2.81. The predicted octanol–water partition coefficient (Wildman–Crippen LogP) is 3.67. The minimum absolute atomic E-state index is 0.0554. The third-order valence-corrected chi connectivity index (χ3v) is 4.63. The van der Waals surface area contributed by atoms with Crippen LogP contribution in [0.1, 0.15) is 23.2 Å². The lowest BCUT2D eigenvalue weighted by Crippen LogP contribution is -2.11. The Kier molecular flexibility index (Phi) is 10.2. The fraction of sp³-hybridized carbons (Fsp3) is 0.278. The van der Waals surface area contributed by atoms with Gasteiger partial charge in [0.2, 0.25) is 11.6 Å². The third-order valence-electron chi connectivity index (χ3n) is 3.75. The molecule has 16 heteroatoms. The van der Waals surface area contributed by atoms with Crippen LogP contribution in [-0.4, -0.2) is 44.4 Å². The zero-order chi connectivity index (χ0) is 26.4. The van der Waals surface area contributed by atoms with Gasteiger partial charge in [0.15, 0.2) is 45.5 Å². The van der Waals surface area contributed by atoms with Gasteiger partial charge in [0.1, 0.15) is 5.56 Å². The van der Waals surface area contributed by atoms with Gasteiger partial charge >= 0.3 is 16.1 Å². The molecular formula is C18H14F8O7S. The van der Waals surface area contributed by atoms with Crippen LogP contribution in [0.15, 0.2) is 11.0 Å². The van der Waals surface area contributed by atoms with Gasteiger partial charge in [-0.15, -0.1) is 0 Å². The molecule has 0 saturated carbocycles. The van der Waals surface area contributed by atoms with Gasteiger partial charge < -0.3 is 14.6 Å². The molecule has 34 heavy (non-hydrogen) atoms. The van der Waals surface area contributed by atoms with Gasteiger partial charge in [0.25, 0.3) is 0 Å². The smallest absolute Gasteiger partial charge is 0.341 e. The third kappa shape index (κ3) is 6.54. The molecule has 2 aromatic carbocycles. The summed E-state index contributed by atoms with van der Waals surface area (Å²) in [5.74, 6) is -18.9. The van der Waals surface area contributed by atoms with Gasteiger partial charge in [-0.3, -0.25) is 4.55 Å². The molecule has 2 aromatic rings. The van der Waals surface area contributed by atoms with Gasteiger partial charge in [0, 0.05) is 6.61 Å². The van der Waals surface area contributed by atoms with Crippen LogP contribution in [-0.2, 0) is 14.9 Å². The lowest BCUT2D eigenvalue weighted by molar-refractivity contribution is 0.0485. The molecule has 0 atom stereocenters. The van der Waals surface area contributed by atoms with Crippen molar-refractivity contribution in [2.75, 3.05) is 20.3 Å². The highest BCUT2D eigenvalue weighted by atomic mass is 32.2. The van der Waals surface area contributed by atoms with Crippen molar-refractivity contribution in [2.45, 2.75) is 17.7 Å². The van der Waals surface area contributed by atoms with Crippen LogP contribution in [0.5, 0.6) is 5.75 Å². The number of hydrogen-bond donors (Lipinski definition) is 2. The maximum Gasteiger partial charge on any atom is 0.341 e. The number of carbonyl (C=O) groups is 1. The Morgan fingerprint density at radius 1 is 0.853 bits per heavy atom. The van der Waals surface area contributed by atoms with Crippen molar-refractivity contribution in [3.8, 4) is 5.75 Å². The maximum atomic E-state index is 13.7. The molecule has 2 rings (SSSR count). The van der Waals surface area contributed by atoms with E-state index in [0.717, 1.165) is 7.11 Å². The zero-order valence-corrected chi connectivity index (χ0v) is 17.6. The standard InChI is InChI=1S/C12H13F3O4.C6HF5O3S/c1-18-11-9(14)7(6-8(13)10(11)15)12(17)19-5-3-2-4-16;7-1-2(8)4(10)6(15(12,13)14)5(11)3(1)9/h6,16H,2-5H2,1H3;(H,12,13,14). The Hall–Kier alpha value is -2.98. The largest absolute Gasteiger partial charge is 0.491 e. The number of aliphatic hydroxyl groups is 1. The molecule has 0 radical (unpaired) electrons. The summed E-state index contributed by atoms with van der Waals surface area (Å²) in [5, 5.41) is 8.52. The molecule has 0 aliphatic rings. The number of halogens is 8. The van der Waals surface area contributed by atoms with E-state index in [1.165, 1.54) is 0 Å². The van der Waals surface area contributed by atoms with E-state index in [2.05, 4.69) is 9.47 Å². The summed E-state index contributed by atoms with van der Waals surface area (Å²) in [6.07, 6.45) is 0.793. The second kappa shape index (κ2) is 11.9. The topological polar surface area (TPSA) is 110 Å². The van der Waals surface area contributed by atoms with Crippen molar-refractivity contribution in [3.63, 3.8) is 0 Å². The number of carbonyl (C=O) groups excluding carboxylic acids is 1. The number of unbranched alkanes of at least 4 members (excludes halogenated alkanes) is 1. The summed E-state index contributed by atoms with van der Waals surface area (Å²) in [4.78, 5) is 9.23. The molecule has 0 fully saturated rings. The van der Waals surface area contributed by atoms with Crippen LogP contribution in [0.4, 0.5) is 35.1 Å². The molecule has 190 valence electrons. The molecule has 0 amide bonds. The van der Waals surface area contributed by atoms with E-state index in [9.17, 15) is 48.3 Å². The summed E-state index contributed by atoms with van der Waals surface area (Å²) >= 11 is 0. The summed E-state index contributed by atoms with van der Waals surface area (Å²) in [6.45, 7) is -0.120. The quantitative estimate of drug-likeness (QED) is 0.142. The Balaban J connectivity index is 0.000000350. The Morgan fingerprint density at radius 3 is 1.79 bits per heavy atom. The highest BCUT2D eigenvalue weighted by Gasteiger charge is 2.32. The Labute approximate surface area is 186 Å². The zero-order valence-electron chi connectivity index (χ0n) is 16.8. The number of ether oxygens (including phenoxy) is 2. The van der Waals surface area contributed by atoms with E-state index >= 15 is 0 Å². The highest BCUT2D eigenvalue weighted by molar-refractivity contribution is 7.85. The summed E-state index contributed by atoms with van der Waals surface area (Å²) in [7, 11) is -4.57. The molecule has 0 heterocycles. The van der Waals surface area contributed by atoms with Crippen LogP contribution in [0.3, 0.4) is 0 Å². The Morgan fingerprint density at radius 2 is 1.35 bits per heavy atom. The molecule has 0 aliphatic carbocycles. The first kappa shape index (κ1) is 29.1. The van der Waals surface area contributed by atoms with Gasteiger partial charge in [0.05, 0.1) is 13.7 Å². The fourth-order valence-electron chi connectivity index (χ4n) is 2.18. The summed E-state index contributed by atoms with van der Waals surface area (Å²) in [5.41, 5.74) is -0.736. The maximum absolute atomic E-state index is 13.7. The number of methoxy groups -OCH3 is 1. The van der Waals surface area contributed by atoms with E-state index < -0.39 is 78.8 Å². The average molecular weight is 526 g/mol. The Bertz CT molecular complexity index is 1140. The molecule has 0 unspecified atom stereocenters. The first-order valence-electron chi connectivity index (χ1n) is 8.68. The van der Waals surface area contributed by atoms with Gasteiger partial charge in [-0.05, 0) is 18.9 Å². The number of hydrogen-bond acceptors (Lipinski definition) is 6. The van der Waals surface area contributed by atoms with E-state index in [-0.39, 0.29) is 13.2 Å². The van der Waals surface area contributed by atoms with Gasteiger partial charge in [-0.2, -0.15) is 12.8 Å². The molecule has 0 bridgehead atoms. The first-order chi connectivity index (χ1) is 15.7. The molecule has 0 spiro atoms. The van der Waals surface area contributed by atoms with Crippen molar-refractivity contribution in [1.29, 1.82) is 0 Å². The molecule has 2 N–H and O–H groups in total. The lowest BCUT2D eigenvalue weighted by Gasteiger charge is -2.09.